The summed E-state index contributed by atoms with van der Waals surface area (Å²) in [5, 5.41) is 17.1. The zero-order chi connectivity index (χ0) is 20.3. The molecule has 3 aromatic rings. The third kappa shape index (κ3) is 5.00. The second-order valence-electron chi connectivity index (χ2n) is 5.50. The molecule has 0 aliphatic rings. The number of nitrogens with zero attached hydrogens (tertiary/aromatic N) is 5. The van der Waals surface area contributed by atoms with Crippen molar-refractivity contribution in [1.29, 1.82) is 0 Å². The summed E-state index contributed by atoms with van der Waals surface area (Å²) >= 11 is 1.06. The fourth-order valence-corrected chi connectivity index (χ4v) is 2.87. The third-order valence-electron chi connectivity index (χ3n) is 3.28. The smallest absolute Gasteiger partial charge is 0.406 e. The molecule has 0 aliphatic carbocycles. The highest BCUT2D eigenvalue weighted by molar-refractivity contribution is 8.00. The van der Waals surface area contributed by atoms with Crippen molar-refractivity contribution in [2.45, 2.75) is 30.6 Å². The molecule has 0 saturated heterocycles. The predicted octanol–water partition coefficient (Wildman–Crippen LogP) is 2.98. The summed E-state index contributed by atoms with van der Waals surface area (Å²) in [5.74, 6) is -0.506. The summed E-state index contributed by atoms with van der Waals surface area (Å²) in [7, 11) is 0. The van der Waals surface area contributed by atoms with Gasteiger partial charge < -0.3 is 9.26 Å². The number of nitrogens with one attached hydrogen (secondary N) is 1. The molecular weight excluding hydrogens is 401 g/mol. The first-order valence-electron chi connectivity index (χ1n) is 7.77. The van der Waals surface area contributed by atoms with E-state index in [1.807, 2.05) is 0 Å². The molecular formula is C15H13F3N6O3S. The molecule has 9 nitrogen and oxygen atoms in total. The van der Waals surface area contributed by atoms with Crippen molar-refractivity contribution in [3.63, 3.8) is 0 Å². The number of amides is 1. The normalized spacial score (nSPS) is 12.6. The molecule has 148 valence electrons. The van der Waals surface area contributed by atoms with E-state index in [0.29, 0.717) is 11.4 Å². The number of rotatable bonds is 6. The number of anilines is 1. The van der Waals surface area contributed by atoms with Crippen LogP contribution in [0.4, 0.5) is 19.1 Å². The van der Waals surface area contributed by atoms with Gasteiger partial charge in [0, 0.05) is 6.07 Å². The van der Waals surface area contributed by atoms with Gasteiger partial charge in [-0.15, -0.1) is 18.3 Å². The largest absolute Gasteiger partial charge is 0.573 e. The number of benzene rings is 1. The number of hydrogen-bond acceptors (Lipinski definition) is 8. The topological polar surface area (TPSA) is 108 Å². The van der Waals surface area contributed by atoms with Crippen molar-refractivity contribution in [3.05, 3.63) is 36.0 Å². The fourth-order valence-electron chi connectivity index (χ4n) is 2.06. The van der Waals surface area contributed by atoms with Gasteiger partial charge in [0.25, 0.3) is 0 Å². The molecule has 1 unspecified atom stereocenters. The Bertz CT molecular complexity index is 957. The number of halogens is 3. The number of aryl methyl sites for hydroxylation is 1. The Morgan fingerprint density at radius 3 is 2.64 bits per heavy atom. The van der Waals surface area contributed by atoms with Crippen molar-refractivity contribution in [3.8, 4) is 11.4 Å². The summed E-state index contributed by atoms with van der Waals surface area (Å²) in [6, 6.07) is 6.58. The van der Waals surface area contributed by atoms with Gasteiger partial charge in [-0.05, 0) is 48.5 Å². The van der Waals surface area contributed by atoms with Crippen LogP contribution in [-0.2, 0) is 4.79 Å². The molecule has 2 heterocycles. The number of hydrogen-bond donors (Lipinski definition) is 1. The van der Waals surface area contributed by atoms with Crippen LogP contribution in [0.25, 0.3) is 5.69 Å². The van der Waals surface area contributed by atoms with Crippen molar-refractivity contribution < 1.29 is 27.2 Å². The first kappa shape index (κ1) is 19.7. The lowest BCUT2D eigenvalue weighted by Crippen LogP contribution is -2.22. The molecule has 3 rings (SSSR count). The maximum absolute atomic E-state index is 12.3. The molecule has 0 radical (unpaired) electrons. The summed E-state index contributed by atoms with van der Waals surface area (Å²) in [6.45, 7) is 3.36. The van der Waals surface area contributed by atoms with Crippen LogP contribution in [-0.4, -0.2) is 42.9 Å². The van der Waals surface area contributed by atoms with Gasteiger partial charge in [0.05, 0.1) is 16.6 Å². The van der Waals surface area contributed by atoms with Crippen molar-refractivity contribution in [1.82, 2.24) is 25.4 Å². The van der Waals surface area contributed by atoms with Gasteiger partial charge >= 0.3 is 6.36 Å². The number of carbonyl (C=O) groups is 1. The second kappa shape index (κ2) is 7.88. The molecule has 2 aromatic heterocycles. The van der Waals surface area contributed by atoms with E-state index in [9.17, 15) is 18.0 Å². The molecule has 1 amide bonds. The highest BCUT2D eigenvalue weighted by Crippen LogP contribution is 2.26. The number of tetrazole rings is 1. The lowest BCUT2D eigenvalue weighted by molar-refractivity contribution is -0.274. The van der Waals surface area contributed by atoms with Gasteiger partial charge in [-0.1, -0.05) is 16.9 Å². The molecule has 1 atom stereocenters. The van der Waals surface area contributed by atoms with Crippen LogP contribution in [0, 0.1) is 6.92 Å². The van der Waals surface area contributed by atoms with Gasteiger partial charge in [-0.25, -0.2) is 0 Å². The predicted molar refractivity (Wildman–Crippen MR) is 91.0 cm³/mol. The molecule has 0 fully saturated rings. The van der Waals surface area contributed by atoms with E-state index < -0.39 is 11.6 Å². The Balaban J connectivity index is 1.68. The molecule has 1 N–H and O–H groups in total. The Hall–Kier alpha value is -3.09. The first-order chi connectivity index (χ1) is 13.2. The lowest BCUT2D eigenvalue weighted by atomic mass is 10.3. The van der Waals surface area contributed by atoms with Crippen LogP contribution in [0.5, 0.6) is 5.75 Å². The molecule has 0 spiro atoms. The highest BCUT2D eigenvalue weighted by Gasteiger charge is 2.31. The van der Waals surface area contributed by atoms with Crippen LogP contribution in [0.2, 0.25) is 0 Å². The van der Waals surface area contributed by atoms with Crippen LogP contribution >= 0.6 is 11.8 Å². The molecule has 0 saturated carbocycles. The Kier molecular flexibility index (Phi) is 5.53. The monoisotopic (exact) mass is 414 g/mol. The second-order valence-corrected chi connectivity index (χ2v) is 6.80. The summed E-state index contributed by atoms with van der Waals surface area (Å²) < 4.78 is 46.8. The minimum atomic E-state index is -4.78. The Morgan fingerprint density at radius 2 is 2.04 bits per heavy atom. The standard InChI is InChI=1S/C15H13F3N6O3S/c1-8-7-12(27-21-8)19-13(25)9(2)28-14-20-22-23-24(14)10-3-5-11(6-4-10)26-15(16,17)18/h3-7,9H,1-2H3,(H,19,25). The average Bonchev–Trinajstić information content (AvgIpc) is 3.23. The molecule has 28 heavy (non-hydrogen) atoms. The van der Waals surface area contributed by atoms with E-state index in [1.165, 1.54) is 16.8 Å². The Morgan fingerprint density at radius 1 is 1.32 bits per heavy atom. The van der Waals surface area contributed by atoms with Crippen LogP contribution in [0.15, 0.2) is 40.0 Å². The zero-order valence-electron chi connectivity index (χ0n) is 14.5. The van der Waals surface area contributed by atoms with E-state index in [4.69, 9.17) is 4.52 Å². The SMILES string of the molecule is Cc1cc(NC(=O)C(C)Sc2nnnn2-c2ccc(OC(F)(F)F)cc2)on1. The number of alkyl halides is 3. The highest BCUT2D eigenvalue weighted by atomic mass is 32.2. The molecule has 1 aromatic carbocycles. The van der Waals surface area contributed by atoms with Gasteiger partial charge in [0.2, 0.25) is 16.9 Å². The maximum Gasteiger partial charge on any atom is 0.573 e. The van der Waals surface area contributed by atoms with Crippen molar-refractivity contribution in [2.24, 2.45) is 0 Å². The Labute approximate surface area is 160 Å². The fraction of sp³-hybridized carbons (Fsp3) is 0.267. The first-order valence-corrected chi connectivity index (χ1v) is 8.64. The van der Waals surface area contributed by atoms with E-state index in [-0.39, 0.29) is 22.7 Å². The van der Waals surface area contributed by atoms with Gasteiger partial charge in [0.15, 0.2) is 0 Å². The molecule has 0 bridgehead atoms. The van der Waals surface area contributed by atoms with Gasteiger partial charge in [-0.3, -0.25) is 10.1 Å². The maximum atomic E-state index is 12.3. The number of carbonyl (C=O) groups excluding carboxylic acids is 1. The summed E-state index contributed by atoms with van der Waals surface area (Å²) in [6.07, 6.45) is -4.78. The minimum Gasteiger partial charge on any atom is -0.406 e. The number of aromatic nitrogens is 5. The number of thioether (sulfide) groups is 1. The van der Waals surface area contributed by atoms with Crippen LogP contribution < -0.4 is 10.1 Å². The van der Waals surface area contributed by atoms with E-state index in [0.717, 1.165) is 23.9 Å². The quantitative estimate of drug-likeness (QED) is 0.614. The van der Waals surface area contributed by atoms with Crippen molar-refractivity contribution >= 4 is 23.6 Å². The average molecular weight is 414 g/mol. The molecule has 0 aliphatic heterocycles. The van der Waals surface area contributed by atoms with Crippen molar-refractivity contribution in [2.75, 3.05) is 5.32 Å². The lowest BCUT2D eigenvalue weighted by Gasteiger charge is -2.11. The van der Waals surface area contributed by atoms with Gasteiger partial charge in [0.1, 0.15) is 5.75 Å². The summed E-state index contributed by atoms with van der Waals surface area (Å²) in [5.41, 5.74) is 1.03. The minimum absolute atomic E-state index is 0.217. The number of ether oxygens (including phenoxy) is 1. The van der Waals surface area contributed by atoms with Gasteiger partial charge in [-0.2, -0.15) is 4.68 Å². The van der Waals surface area contributed by atoms with E-state index >= 15 is 0 Å². The zero-order valence-corrected chi connectivity index (χ0v) is 15.3. The summed E-state index contributed by atoms with van der Waals surface area (Å²) in [4.78, 5) is 12.3. The van der Waals surface area contributed by atoms with Crippen LogP contribution in [0.1, 0.15) is 12.6 Å². The van der Waals surface area contributed by atoms with E-state index in [2.05, 4.69) is 30.7 Å². The van der Waals surface area contributed by atoms with Crippen LogP contribution in [0.3, 0.4) is 0 Å². The molecule has 13 heteroatoms. The van der Waals surface area contributed by atoms with E-state index in [1.54, 1.807) is 19.9 Å². The third-order valence-corrected chi connectivity index (χ3v) is 4.31.